The van der Waals surface area contributed by atoms with Gasteiger partial charge in [0, 0.05) is 19.4 Å². The minimum Gasteiger partial charge on any atom is -0.381 e. The van der Waals surface area contributed by atoms with Gasteiger partial charge in [-0.3, -0.25) is 4.79 Å². The van der Waals surface area contributed by atoms with Crippen LogP contribution in [-0.2, 0) is 9.53 Å². The first-order valence-corrected chi connectivity index (χ1v) is 4.80. The Kier molecular flexibility index (Phi) is 7.06. The maximum atomic E-state index is 11.2. The number of hydrogen-bond acceptors (Lipinski definition) is 2. The topological polar surface area (TPSA) is 26.3 Å². The quantitative estimate of drug-likeness (QED) is 0.551. The van der Waals surface area contributed by atoms with Crippen molar-refractivity contribution in [2.24, 2.45) is 5.92 Å². The van der Waals surface area contributed by atoms with Crippen LogP contribution in [0.15, 0.2) is 0 Å². The minimum atomic E-state index is 0.331. The smallest absolute Gasteiger partial charge is 0.135 e. The Balaban J connectivity index is 3.33. The Morgan fingerprint density at radius 2 is 2.08 bits per heavy atom. The predicted octanol–water partition coefficient (Wildman–Crippen LogP) is 2.42. The zero-order valence-corrected chi connectivity index (χ0v) is 8.43. The van der Waals surface area contributed by atoms with E-state index in [1.54, 1.807) is 0 Å². The fourth-order valence-electron chi connectivity index (χ4n) is 0.965. The molecule has 12 heavy (non-hydrogen) atoms. The number of ether oxygens (including phenoxy) is 1. The highest BCUT2D eigenvalue weighted by atomic mass is 16.5. The lowest BCUT2D eigenvalue weighted by Gasteiger charge is -2.06. The summed E-state index contributed by atoms with van der Waals surface area (Å²) >= 11 is 0. The number of Topliss-reactive ketones (excluding diaryl/α,β-unsaturated/α-hetero) is 1. The van der Waals surface area contributed by atoms with Gasteiger partial charge in [0.25, 0.3) is 0 Å². The lowest BCUT2D eigenvalue weighted by atomic mass is 10.0. The molecule has 0 radical (unpaired) electrons. The monoisotopic (exact) mass is 172 g/mol. The van der Waals surface area contributed by atoms with Crippen molar-refractivity contribution in [1.82, 2.24) is 0 Å². The van der Waals surface area contributed by atoms with Crippen molar-refractivity contribution in [1.29, 1.82) is 0 Å². The largest absolute Gasteiger partial charge is 0.381 e. The molecule has 0 saturated heterocycles. The van der Waals surface area contributed by atoms with Crippen molar-refractivity contribution in [2.45, 2.75) is 40.0 Å². The number of hydrogen-bond donors (Lipinski definition) is 0. The molecule has 0 fully saturated rings. The first-order chi connectivity index (χ1) is 5.70. The first kappa shape index (κ1) is 11.6. The van der Waals surface area contributed by atoms with Crippen LogP contribution in [-0.4, -0.2) is 19.0 Å². The summed E-state index contributed by atoms with van der Waals surface area (Å²) in [6.45, 7) is 7.46. The molecule has 0 aromatic heterocycles. The average molecular weight is 172 g/mol. The van der Waals surface area contributed by atoms with Gasteiger partial charge in [0.15, 0.2) is 0 Å². The molecule has 0 rings (SSSR count). The molecule has 0 aromatic rings. The summed E-state index contributed by atoms with van der Waals surface area (Å²) in [5, 5.41) is 0. The van der Waals surface area contributed by atoms with Crippen molar-refractivity contribution in [3.8, 4) is 0 Å². The van der Waals surface area contributed by atoms with Crippen LogP contribution in [0.25, 0.3) is 0 Å². The van der Waals surface area contributed by atoms with E-state index >= 15 is 0 Å². The van der Waals surface area contributed by atoms with Gasteiger partial charge in [-0.2, -0.15) is 0 Å². The highest BCUT2D eigenvalue weighted by Gasteiger charge is 2.06. The highest BCUT2D eigenvalue weighted by molar-refractivity contribution is 5.78. The average Bonchev–Trinajstić information content (AvgIpc) is 2.05. The molecule has 2 heteroatoms. The van der Waals surface area contributed by atoms with Crippen LogP contribution in [0.1, 0.15) is 40.0 Å². The molecule has 0 spiro atoms. The molecule has 0 aromatic carbocycles. The molecule has 2 nitrogen and oxygen atoms in total. The zero-order chi connectivity index (χ0) is 9.40. The predicted molar refractivity (Wildman–Crippen MR) is 50.2 cm³/mol. The number of carbonyl (C=O) groups excluding carboxylic acids is 1. The van der Waals surface area contributed by atoms with Crippen LogP contribution in [0.4, 0.5) is 0 Å². The van der Waals surface area contributed by atoms with Gasteiger partial charge < -0.3 is 4.74 Å². The Bertz CT molecular complexity index is 121. The van der Waals surface area contributed by atoms with Crippen molar-refractivity contribution >= 4 is 5.78 Å². The van der Waals surface area contributed by atoms with Gasteiger partial charge in [0.05, 0.1) is 6.61 Å². The molecule has 72 valence electrons. The Hall–Kier alpha value is -0.370. The lowest BCUT2D eigenvalue weighted by molar-refractivity contribution is -0.120. The normalized spacial score (nSPS) is 12.9. The molecule has 0 amide bonds. The van der Waals surface area contributed by atoms with Crippen LogP contribution in [0.3, 0.4) is 0 Å². The second kappa shape index (κ2) is 7.29. The molecule has 0 aliphatic carbocycles. The standard InChI is InChI=1S/C10H20O2/c1-4-9(3)8-10(11)6-7-12-5-2/h9H,4-8H2,1-3H3. The SMILES string of the molecule is CCOCCC(=O)CC(C)CC. The third-order valence-electron chi connectivity index (χ3n) is 2.00. The van der Waals surface area contributed by atoms with E-state index in [0.717, 1.165) is 6.42 Å². The second-order valence-electron chi connectivity index (χ2n) is 3.20. The molecule has 0 aliphatic heterocycles. The van der Waals surface area contributed by atoms with Gasteiger partial charge in [0.1, 0.15) is 5.78 Å². The van der Waals surface area contributed by atoms with Crippen LogP contribution in [0.5, 0.6) is 0 Å². The Labute approximate surface area is 75.3 Å². The van der Waals surface area contributed by atoms with Gasteiger partial charge in [-0.15, -0.1) is 0 Å². The molecule has 0 aliphatic rings. The van der Waals surface area contributed by atoms with Gasteiger partial charge in [0.2, 0.25) is 0 Å². The summed E-state index contributed by atoms with van der Waals surface area (Å²) in [4.78, 5) is 11.2. The summed E-state index contributed by atoms with van der Waals surface area (Å²) in [6, 6.07) is 0. The molecule has 0 bridgehead atoms. The highest BCUT2D eigenvalue weighted by Crippen LogP contribution is 2.08. The number of rotatable bonds is 7. The summed E-state index contributed by atoms with van der Waals surface area (Å²) in [5.74, 6) is 0.858. The van der Waals surface area contributed by atoms with Crippen molar-refractivity contribution < 1.29 is 9.53 Å². The van der Waals surface area contributed by atoms with E-state index in [-0.39, 0.29) is 0 Å². The summed E-state index contributed by atoms with van der Waals surface area (Å²) < 4.78 is 5.10. The first-order valence-electron chi connectivity index (χ1n) is 4.80. The molecular formula is C10H20O2. The third-order valence-corrected chi connectivity index (χ3v) is 2.00. The van der Waals surface area contributed by atoms with Gasteiger partial charge in [-0.25, -0.2) is 0 Å². The molecule has 0 N–H and O–H groups in total. The van der Waals surface area contributed by atoms with Gasteiger partial charge in [-0.05, 0) is 12.8 Å². The molecular weight excluding hydrogens is 152 g/mol. The molecule has 1 atom stereocenters. The third kappa shape index (κ3) is 6.35. The summed E-state index contributed by atoms with van der Waals surface area (Å²) in [7, 11) is 0. The van der Waals surface area contributed by atoms with E-state index in [4.69, 9.17) is 4.74 Å². The van der Waals surface area contributed by atoms with E-state index in [0.29, 0.717) is 37.8 Å². The summed E-state index contributed by atoms with van der Waals surface area (Å²) in [6.07, 6.45) is 2.38. The number of ketones is 1. The zero-order valence-electron chi connectivity index (χ0n) is 8.43. The van der Waals surface area contributed by atoms with Crippen molar-refractivity contribution in [3.63, 3.8) is 0 Å². The maximum Gasteiger partial charge on any atom is 0.135 e. The fourth-order valence-corrected chi connectivity index (χ4v) is 0.965. The molecule has 0 heterocycles. The molecule has 1 unspecified atom stereocenters. The van der Waals surface area contributed by atoms with E-state index in [9.17, 15) is 4.79 Å². The van der Waals surface area contributed by atoms with E-state index in [1.807, 2.05) is 6.92 Å². The fraction of sp³-hybridized carbons (Fsp3) is 0.900. The second-order valence-corrected chi connectivity index (χ2v) is 3.20. The molecule has 0 saturated carbocycles. The van der Waals surface area contributed by atoms with Crippen LogP contribution >= 0.6 is 0 Å². The maximum absolute atomic E-state index is 11.2. The van der Waals surface area contributed by atoms with E-state index in [2.05, 4.69) is 13.8 Å². The van der Waals surface area contributed by atoms with Gasteiger partial charge >= 0.3 is 0 Å². The van der Waals surface area contributed by atoms with E-state index in [1.165, 1.54) is 0 Å². The number of carbonyl (C=O) groups is 1. The lowest BCUT2D eigenvalue weighted by Crippen LogP contribution is -2.08. The van der Waals surface area contributed by atoms with Crippen LogP contribution in [0, 0.1) is 5.92 Å². The minimum absolute atomic E-state index is 0.331. The summed E-state index contributed by atoms with van der Waals surface area (Å²) in [5.41, 5.74) is 0. The van der Waals surface area contributed by atoms with Crippen molar-refractivity contribution in [3.05, 3.63) is 0 Å². The van der Waals surface area contributed by atoms with Crippen molar-refractivity contribution in [2.75, 3.05) is 13.2 Å². The van der Waals surface area contributed by atoms with Crippen LogP contribution < -0.4 is 0 Å². The van der Waals surface area contributed by atoms with Crippen LogP contribution in [0.2, 0.25) is 0 Å². The Morgan fingerprint density at radius 3 is 2.58 bits per heavy atom. The van der Waals surface area contributed by atoms with Gasteiger partial charge in [-0.1, -0.05) is 20.3 Å². The van der Waals surface area contributed by atoms with E-state index < -0.39 is 0 Å². The Morgan fingerprint density at radius 1 is 1.42 bits per heavy atom.